The molecule has 35 heavy (non-hydrogen) atoms. The van der Waals surface area contributed by atoms with Gasteiger partial charge in [0.1, 0.15) is 11.6 Å². The molecule has 0 aliphatic rings. The van der Waals surface area contributed by atoms with Crippen molar-refractivity contribution in [3.8, 4) is 5.75 Å². The maximum absolute atomic E-state index is 13.0. The Labute approximate surface area is 224 Å². The summed E-state index contributed by atoms with van der Waals surface area (Å²) in [6.45, 7) is 3.76. The van der Waals surface area contributed by atoms with Crippen LogP contribution in [0.5, 0.6) is 5.75 Å². The quantitative estimate of drug-likeness (QED) is 0.212. The van der Waals surface area contributed by atoms with Crippen LogP contribution in [0, 0.1) is 10.5 Å². The van der Waals surface area contributed by atoms with E-state index < -0.39 is 0 Å². The van der Waals surface area contributed by atoms with E-state index in [0.29, 0.717) is 28.9 Å². The third kappa shape index (κ3) is 5.96. The number of hydrogen-bond acceptors (Lipinski definition) is 5. The summed E-state index contributed by atoms with van der Waals surface area (Å²) >= 11 is 5.55. The monoisotopic (exact) mass is 644 g/mol. The van der Waals surface area contributed by atoms with E-state index >= 15 is 0 Å². The van der Waals surface area contributed by atoms with E-state index in [1.165, 1.54) is 4.68 Å². The molecule has 9 heteroatoms. The van der Waals surface area contributed by atoms with Crippen LogP contribution in [0.25, 0.3) is 10.9 Å². The minimum Gasteiger partial charge on any atom is -0.483 e. The Morgan fingerprint density at radius 3 is 2.74 bits per heavy atom. The van der Waals surface area contributed by atoms with Gasteiger partial charge in [0.05, 0.1) is 20.7 Å². The van der Waals surface area contributed by atoms with Crippen molar-refractivity contribution >= 4 is 67.2 Å². The van der Waals surface area contributed by atoms with Crippen LogP contribution in [0.4, 0.5) is 5.69 Å². The molecule has 3 aromatic carbocycles. The summed E-state index contributed by atoms with van der Waals surface area (Å²) in [6, 6.07) is 18.5. The third-order valence-corrected chi connectivity index (χ3v) is 6.58. The number of rotatable bonds is 7. The fourth-order valence-corrected chi connectivity index (χ4v) is 4.48. The van der Waals surface area contributed by atoms with E-state index in [1.54, 1.807) is 18.3 Å². The molecule has 0 atom stereocenters. The van der Waals surface area contributed by atoms with Gasteiger partial charge in [0.15, 0.2) is 6.61 Å². The molecule has 0 radical (unpaired) electrons. The highest BCUT2D eigenvalue weighted by molar-refractivity contribution is 14.1. The number of fused-ring (bicyclic) bond motifs is 1. The van der Waals surface area contributed by atoms with E-state index in [1.807, 2.05) is 62.4 Å². The Kier molecular flexibility index (Phi) is 7.97. The summed E-state index contributed by atoms with van der Waals surface area (Å²) in [4.78, 5) is 29.9. The topological polar surface area (TPSA) is 85.6 Å². The highest BCUT2D eigenvalue weighted by atomic mass is 127. The molecule has 0 saturated heterocycles. The van der Waals surface area contributed by atoms with E-state index in [0.717, 1.165) is 24.9 Å². The molecule has 7 nitrogen and oxygen atoms in total. The number of benzene rings is 3. The highest BCUT2D eigenvalue weighted by Gasteiger charge is 2.11. The first-order chi connectivity index (χ1) is 16.9. The molecule has 178 valence electrons. The summed E-state index contributed by atoms with van der Waals surface area (Å²) in [5.41, 5.74) is 2.95. The van der Waals surface area contributed by atoms with E-state index in [9.17, 15) is 9.59 Å². The molecule has 0 aliphatic carbocycles. The van der Waals surface area contributed by atoms with Crippen LogP contribution < -0.4 is 15.6 Å². The Morgan fingerprint density at radius 1 is 1.20 bits per heavy atom. The molecule has 1 aromatic heterocycles. The Balaban J connectivity index is 1.49. The summed E-state index contributed by atoms with van der Waals surface area (Å²) in [5.74, 6) is 0.935. The zero-order valence-electron chi connectivity index (χ0n) is 19.1. The molecule has 1 N–H and O–H groups in total. The van der Waals surface area contributed by atoms with Gasteiger partial charge in [0.2, 0.25) is 0 Å². The second-order valence-corrected chi connectivity index (χ2v) is 9.82. The second-order valence-electron chi connectivity index (χ2n) is 7.75. The fourth-order valence-electron chi connectivity index (χ4n) is 3.42. The molecule has 4 aromatic rings. The Bertz CT molecular complexity index is 1500. The smallest absolute Gasteiger partial charge is 0.282 e. The second kappa shape index (κ2) is 11.1. The number of aromatic nitrogens is 2. The standard InChI is InChI=1S/C26H22BrIN4O3/c1-3-24-30-22-10-9-18(27)13-19(22)26(34)32(24)29-14-17-8-11-23(20(28)12-17)35-15-25(33)31-21-7-5-4-6-16(21)2/h4-14H,3,15H2,1-2H3,(H,31,33). The number of ether oxygens (including phenoxy) is 1. The molecular weight excluding hydrogens is 623 g/mol. The van der Waals surface area contributed by atoms with Gasteiger partial charge in [-0.15, -0.1) is 0 Å². The van der Waals surface area contributed by atoms with E-state index in [2.05, 4.69) is 53.9 Å². The first-order valence-electron chi connectivity index (χ1n) is 10.9. The first kappa shape index (κ1) is 25.1. The molecule has 1 heterocycles. The van der Waals surface area contributed by atoms with E-state index in [-0.39, 0.29) is 18.1 Å². The zero-order valence-corrected chi connectivity index (χ0v) is 22.8. The van der Waals surface area contributed by atoms with Crippen LogP contribution in [-0.4, -0.2) is 28.4 Å². The van der Waals surface area contributed by atoms with Crippen molar-refractivity contribution in [2.75, 3.05) is 11.9 Å². The van der Waals surface area contributed by atoms with Crippen molar-refractivity contribution in [3.05, 3.63) is 96.0 Å². The number of nitrogens with one attached hydrogen (secondary N) is 1. The van der Waals surface area contributed by atoms with Gasteiger partial charge in [0.25, 0.3) is 11.5 Å². The molecule has 1 amide bonds. The number of para-hydroxylation sites is 1. The van der Waals surface area contributed by atoms with Gasteiger partial charge in [0, 0.05) is 16.6 Å². The number of nitrogens with zero attached hydrogens (tertiary/aromatic N) is 3. The fraction of sp³-hybridized carbons (Fsp3) is 0.154. The van der Waals surface area contributed by atoms with Crippen molar-refractivity contribution in [2.24, 2.45) is 5.10 Å². The Morgan fingerprint density at radius 2 is 2.00 bits per heavy atom. The number of amides is 1. The minimum absolute atomic E-state index is 0.106. The molecule has 0 saturated carbocycles. The maximum Gasteiger partial charge on any atom is 0.282 e. The molecule has 0 aliphatic heterocycles. The summed E-state index contributed by atoms with van der Waals surface area (Å²) in [6.07, 6.45) is 2.18. The van der Waals surface area contributed by atoms with Gasteiger partial charge in [-0.25, -0.2) is 4.98 Å². The Hall–Kier alpha value is -3.05. The normalized spacial score (nSPS) is 11.2. The number of carbonyl (C=O) groups is 1. The van der Waals surface area contributed by atoms with Gasteiger partial charge >= 0.3 is 0 Å². The SMILES string of the molecule is CCc1nc2ccc(Br)cc2c(=O)n1N=Cc1ccc(OCC(=O)Nc2ccccc2C)c(I)c1. The van der Waals surface area contributed by atoms with Gasteiger partial charge in [-0.1, -0.05) is 41.1 Å². The molecule has 0 spiro atoms. The number of hydrogen-bond donors (Lipinski definition) is 1. The van der Waals surface area contributed by atoms with Crippen molar-refractivity contribution in [1.29, 1.82) is 0 Å². The van der Waals surface area contributed by atoms with Gasteiger partial charge in [-0.2, -0.15) is 9.78 Å². The summed E-state index contributed by atoms with van der Waals surface area (Å²) in [7, 11) is 0. The predicted octanol–water partition coefficient (Wildman–Crippen LogP) is 5.53. The van der Waals surface area contributed by atoms with Gasteiger partial charge < -0.3 is 10.1 Å². The average Bonchev–Trinajstić information content (AvgIpc) is 2.84. The van der Waals surface area contributed by atoms with Crippen LogP contribution in [0.1, 0.15) is 23.9 Å². The lowest BCUT2D eigenvalue weighted by atomic mass is 10.2. The number of halogens is 2. The molecule has 4 rings (SSSR count). The van der Waals surface area contributed by atoms with Crippen LogP contribution in [-0.2, 0) is 11.2 Å². The van der Waals surface area contributed by atoms with Crippen LogP contribution in [0.15, 0.2) is 75.0 Å². The van der Waals surface area contributed by atoms with Gasteiger partial charge in [-0.3, -0.25) is 9.59 Å². The molecule has 0 bridgehead atoms. The van der Waals surface area contributed by atoms with Crippen LogP contribution in [0.2, 0.25) is 0 Å². The van der Waals surface area contributed by atoms with Crippen LogP contribution in [0.3, 0.4) is 0 Å². The lowest BCUT2D eigenvalue weighted by molar-refractivity contribution is -0.118. The third-order valence-electron chi connectivity index (χ3n) is 5.25. The molecular formula is C26H22BrIN4O3. The highest BCUT2D eigenvalue weighted by Crippen LogP contribution is 2.22. The lowest BCUT2D eigenvalue weighted by Gasteiger charge is -2.11. The first-order valence-corrected chi connectivity index (χ1v) is 12.8. The minimum atomic E-state index is -0.234. The van der Waals surface area contributed by atoms with Crippen molar-refractivity contribution in [2.45, 2.75) is 20.3 Å². The molecule has 0 unspecified atom stereocenters. The van der Waals surface area contributed by atoms with Crippen molar-refractivity contribution in [1.82, 2.24) is 9.66 Å². The lowest BCUT2D eigenvalue weighted by Crippen LogP contribution is -2.22. The van der Waals surface area contributed by atoms with Crippen molar-refractivity contribution < 1.29 is 9.53 Å². The average molecular weight is 645 g/mol. The van der Waals surface area contributed by atoms with E-state index in [4.69, 9.17) is 4.74 Å². The number of aryl methyl sites for hydroxylation is 2. The molecule has 0 fully saturated rings. The number of anilines is 1. The maximum atomic E-state index is 13.0. The predicted molar refractivity (Wildman–Crippen MR) is 151 cm³/mol. The van der Waals surface area contributed by atoms with Gasteiger partial charge in [-0.05, 0) is 83.1 Å². The summed E-state index contributed by atoms with van der Waals surface area (Å²) in [5, 5.41) is 7.77. The zero-order chi connectivity index (χ0) is 24.9. The number of carbonyl (C=O) groups excluding carboxylic acids is 1. The van der Waals surface area contributed by atoms with Crippen molar-refractivity contribution in [3.63, 3.8) is 0 Å². The van der Waals surface area contributed by atoms with Crippen LogP contribution >= 0.6 is 38.5 Å². The summed E-state index contributed by atoms with van der Waals surface area (Å²) < 4.78 is 8.67. The largest absolute Gasteiger partial charge is 0.483 e.